The predicted octanol–water partition coefficient (Wildman–Crippen LogP) is 2.56. The van der Waals surface area contributed by atoms with Crippen molar-refractivity contribution >= 4 is 33.7 Å². The van der Waals surface area contributed by atoms with Gasteiger partial charge >= 0.3 is 5.97 Å². The number of benzene rings is 2. The summed E-state index contributed by atoms with van der Waals surface area (Å²) in [4.78, 5) is 23.7. The molecule has 2 aromatic carbocycles. The van der Waals surface area contributed by atoms with Crippen molar-refractivity contribution in [3.05, 3.63) is 70.1 Å². The summed E-state index contributed by atoms with van der Waals surface area (Å²) >= 11 is 0. The summed E-state index contributed by atoms with van der Waals surface area (Å²) < 4.78 is 30.9. The van der Waals surface area contributed by atoms with E-state index in [2.05, 4.69) is 10.0 Å². The van der Waals surface area contributed by atoms with Gasteiger partial charge in [-0.2, -0.15) is 0 Å². The smallest absolute Gasteiger partial charge is 0.321 e. The lowest BCUT2D eigenvalue weighted by Gasteiger charge is -2.08. The summed E-state index contributed by atoms with van der Waals surface area (Å²) in [5, 5.41) is 3.65. The molecule has 0 aromatic heterocycles. The van der Waals surface area contributed by atoms with Crippen molar-refractivity contribution in [1.29, 1.82) is 0 Å². The van der Waals surface area contributed by atoms with Gasteiger partial charge in [-0.15, -0.1) is 0 Å². The minimum absolute atomic E-state index is 0.483. The lowest BCUT2D eigenvalue weighted by molar-refractivity contribution is -0.146. The van der Waals surface area contributed by atoms with E-state index in [1.807, 2.05) is 37.3 Å². The fourth-order valence-electron chi connectivity index (χ4n) is 3.10. The van der Waals surface area contributed by atoms with Gasteiger partial charge in [0.05, 0.1) is 0 Å². The van der Waals surface area contributed by atoms with E-state index in [1.165, 1.54) is 17.2 Å². The first kappa shape index (κ1) is 21.7. The van der Waals surface area contributed by atoms with Crippen molar-refractivity contribution in [2.24, 2.45) is 0 Å². The van der Waals surface area contributed by atoms with E-state index in [1.54, 1.807) is 12.1 Å². The van der Waals surface area contributed by atoms with E-state index in [9.17, 15) is 18.0 Å². The number of amides is 1. The second-order valence-corrected chi connectivity index (χ2v) is 8.78. The van der Waals surface area contributed by atoms with Crippen LogP contribution in [0, 0.1) is 6.92 Å². The molecule has 0 saturated heterocycles. The van der Waals surface area contributed by atoms with Gasteiger partial charge in [0, 0.05) is 11.1 Å². The molecule has 1 aliphatic carbocycles. The van der Waals surface area contributed by atoms with Crippen molar-refractivity contribution < 1.29 is 22.7 Å². The van der Waals surface area contributed by atoms with E-state index >= 15 is 0 Å². The van der Waals surface area contributed by atoms with Crippen LogP contribution in [0.25, 0.3) is 6.08 Å². The molecule has 0 bridgehead atoms. The largest absolute Gasteiger partial charge is 0.455 e. The Labute approximate surface area is 176 Å². The Morgan fingerprint density at radius 1 is 1.07 bits per heavy atom. The number of hydrogen-bond acceptors (Lipinski definition) is 5. The third-order valence-electron chi connectivity index (χ3n) is 4.68. The number of aryl methyl sites for hydroxylation is 3. The van der Waals surface area contributed by atoms with Gasteiger partial charge in [-0.05, 0) is 61.1 Å². The third-order valence-corrected chi connectivity index (χ3v) is 5.72. The summed E-state index contributed by atoms with van der Waals surface area (Å²) in [6.45, 7) is 0.882. The lowest BCUT2D eigenvalue weighted by atomic mass is 10.1. The van der Waals surface area contributed by atoms with Crippen molar-refractivity contribution in [3.63, 3.8) is 0 Å². The molecule has 2 aromatic rings. The molecule has 0 spiro atoms. The lowest BCUT2D eigenvalue weighted by Crippen LogP contribution is -2.31. The summed E-state index contributed by atoms with van der Waals surface area (Å²) in [5.74, 6) is -1.32. The van der Waals surface area contributed by atoms with Gasteiger partial charge in [0.2, 0.25) is 10.0 Å². The number of ether oxygens (including phenoxy) is 1. The molecule has 1 aliphatic rings. The minimum atomic E-state index is -3.81. The molecule has 0 atom stereocenters. The van der Waals surface area contributed by atoms with Crippen LogP contribution >= 0.6 is 0 Å². The quantitative estimate of drug-likeness (QED) is 0.629. The van der Waals surface area contributed by atoms with Crippen molar-refractivity contribution in [3.8, 4) is 0 Å². The number of nitrogens with one attached hydrogen (secondary N) is 2. The van der Waals surface area contributed by atoms with Crippen molar-refractivity contribution in [2.45, 2.75) is 26.2 Å². The number of rotatable bonds is 8. The molecule has 0 fully saturated rings. The van der Waals surface area contributed by atoms with Crippen LogP contribution in [0.1, 0.15) is 28.7 Å². The van der Waals surface area contributed by atoms with Crippen LogP contribution in [-0.2, 0) is 37.2 Å². The maximum Gasteiger partial charge on any atom is 0.321 e. The molecule has 0 saturated carbocycles. The average Bonchev–Trinajstić information content (AvgIpc) is 3.18. The fraction of sp³-hybridized carbons (Fsp3) is 0.273. The van der Waals surface area contributed by atoms with E-state index in [4.69, 9.17) is 4.74 Å². The molecule has 0 unspecified atom stereocenters. The molecule has 0 aliphatic heterocycles. The Hall–Kier alpha value is -2.97. The van der Waals surface area contributed by atoms with Gasteiger partial charge in [0.15, 0.2) is 6.61 Å². The first-order chi connectivity index (χ1) is 14.3. The van der Waals surface area contributed by atoms with Crippen LogP contribution in [0.4, 0.5) is 5.69 Å². The van der Waals surface area contributed by atoms with Crippen LogP contribution in [-0.4, -0.2) is 33.4 Å². The monoisotopic (exact) mass is 428 g/mol. The molecule has 3 rings (SSSR count). The summed E-state index contributed by atoms with van der Waals surface area (Å²) in [6, 6.07) is 13.0. The molecule has 8 heteroatoms. The van der Waals surface area contributed by atoms with Crippen LogP contribution in [0.5, 0.6) is 0 Å². The maximum absolute atomic E-state index is 12.0. The van der Waals surface area contributed by atoms with Gasteiger partial charge in [-0.25, -0.2) is 13.1 Å². The zero-order chi connectivity index (χ0) is 21.6. The summed E-state index contributed by atoms with van der Waals surface area (Å²) in [7, 11) is -3.81. The fourth-order valence-corrected chi connectivity index (χ4v) is 3.85. The van der Waals surface area contributed by atoms with Crippen molar-refractivity contribution in [2.75, 3.05) is 18.5 Å². The average molecular weight is 429 g/mol. The first-order valence-electron chi connectivity index (χ1n) is 9.62. The molecule has 1 amide bonds. The highest BCUT2D eigenvalue weighted by atomic mass is 32.2. The Kier molecular flexibility index (Phi) is 7.02. The SMILES string of the molecule is Cc1ccc(/C=C/S(=O)(=O)NCC(=O)OCC(=O)Nc2ccc3c(c2)CCC3)cc1. The second kappa shape index (κ2) is 9.69. The van der Waals surface area contributed by atoms with Crippen LogP contribution in [0.2, 0.25) is 0 Å². The van der Waals surface area contributed by atoms with Gasteiger partial charge in [-0.3, -0.25) is 9.59 Å². The highest BCUT2D eigenvalue weighted by Crippen LogP contribution is 2.24. The van der Waals surface area contributed by atoms with E-state index in [-0.39, 0.29) is 0 Å². The molecule has 2 N–H and O–H groups in total. The van der Waals surface area contributed by atoms with E-state index < -0.39 is 35.1 Å². The molecule has 7 nitrogen and oxygen atoms in total. The molecule has 0 radical (unpaired) electrons. The minimum Gasteiger partial charge on any atom is -0.455 e. The highest BCUT2D eigenvalue weighted by molar-refractivity contribution is 7.92. The van der Waals surface area contributed by atoms with Crippen LogP contribution in [0.3, 0.4) is 0 Å². The number of anilines is 1. The standard InChI is InChI=1S/C22H24N2O5S/c1-16-5-7-17(8-6-16)11-12-30(27,28)23-14-22(26)29-15-21(25)24-20-10-9-18-3-2-4-19(18)13-20/h5-13,23H,2-4,14-15H2,1H3,(H,24,25)/b12-11+. The Morgan fingerprint density at radius 3 is 2.57 bits per heavy atom. The van der Waals surface area contributed by atoms with E-state index in [0.717, 1.165) is 35.8 Å². The van der Waals surface area contributed by atoms with Gasteiger partial charge in [-0.1, -0.05) is 35.9 Å². The summed E-state index contributed by atoms with van der Waals surface area (Å²) in [6.07, 6.45) is 4.58. The number of fused-ring (bicyclic) bond motifs is 1. The maximum atomic E-state index is 12.0. The number of carbonyl (C=O) groups excluding carboxylic acids is 2. The Bertz CT molecular complexity index is 1060. The number of carbonyl (C=O) groups is 2. The van der Waals surface area contributed by atoms with Crippen LogP contribution < -0.4 is 10.0 Å². The summed E-state index contributed by atoms with van der Waals surface area (Å²) in [5.41, 5.74) is 4.95. The predicted molar refractivity (Wildman–Crippen MR) is 115 cm³/mol. The number of esters is 1. The van der Waals surface area contributed by atoms with Crippen molar-refractivity contribution in [1.82, 2.24) is 4.72 Å². The molecular formula is C22H24N2O5S. The first-order valence-corrected chi connectivity index (χ1v) is 11.2. The molecular weight excluding hydrogens is 404 g/mol. The second-order valence-electron chi connectivity index (χ2n) is 7.13. The van der Waals surface area contributed by atoms with Gasteiger partial charge in [0.1, 0.15) is 6.54 Å². The third kappa shape index (κ3) is 6.53. The number of sulfonamides is 1. The molecule has 158 valence electrons. The normalized spacial score (nSPS) is 13.2. The van der Waals surface area contributed by atoms with Gasteiger partial charge in [0.25, 0.3) is 5.91 Å². The topological polar surface area (TPSA) is 102 Å². The van der Waals surface area contributed by atoms with Crippen LogP contribution in [0.15, 0.2) is 47.9 Å². The zero-order valence-electron chi connectivity index (χ0n) is 16.7. The van der Waals surface area contributed by atoms with Gasteiger partial charge < -0.3 is 10.1 Å². The zero-order valence-corrected chi connectivity index (χ0v) is 17.5. The Balaban J connectivity index is 1.41. The molecule has 0 heterocycles. The van der Waals surface area contributed by atoms with E-state index in [0.29, 0.717) is 5.69 Å². The highest BCUT2D eigenvalue weighted by Gasteiger charge is 2.14. The molecule has 30 heavy (non-hydrogen) atoms. The number of hydrogen-bond donors (Lipinski definition) is 2. The Morgan fingerprint density at radius 2 is 1.80 bits per heavy atom.